The molecule has 1 nitrogen and oxygen atoms in total. The van der Waals surface area contributed by atoms with Crippen molar-refractivity contribution in [3.63, 3.8) is 0 Å². The van der Waals surface area contributed by atoms with E-state index in [1.165, 1.54) is 12.1 Å². The van der Waals surface area contributed by atoms with Gasteiger partial charge in [-0.1, -0.05) is 34.1 Å². The predicted octanol–water partition coefficient (Wildman–Crippen LogP) is 4.00. The Kier molecular flexibility index (Phi) is 4.09. The first-order valence-corrected chi connectivity index (χ1v) is 6.23. The highest BCUT2D eigenvalue weighted by atomic mass is 79.9. The minimum atomic E-state index is -0.804. The molecule has 0 saturated heterocycles. The summed E-state index contributed by atoms with van der Waals surface area (Å²) >= 11 is 3.33. The molecule has 2 rings (SSSR count). The fraction of sp³-hybridized carbons (Fsp3) is 0.143. The van der Waals surface area contributed by atoms with E-state index in [9.17, 15) is 13.9 Å². The van der Waals surface area contributed by atoms with Crippen LogP contribution in [0.15, 0.2) is 46.9 Å². The first-order valence-electron chi connectivity index (χ1n) is 5.44. The molecular weight excluding hydrogens is 302 g/mol. The van der Waals surface area contributed by atoms with E-state index in [0.29, 0.717) is 11.1 Å². The summed E-state index contributed by atoms with van der Waals surface area (Å²) in [6.07, 6.45) is -0.640. The molecule has 0 bridgehead atoms. The summed E-state index contributed by atoms with van der Waals surface area (Å²) in [6.45, 7) is 0. The zero-order valence-electron chi connectivity index (χ0n) is 9.41. The van der Waals surface area contributed by atoms with E-state index in [-0.39, 0.29) is 6.42 Å². The van der Waals surface area contributed by atoms with Gasteiger partial charge in [-0.2, -0.15) is 0 Å². The number of aliphatic hydroxyl groups is 1. The Labute approximate surface area is 112 Å². The molecule has 0 radical (unpaired) electrons. The topological polar surface area (TPSA) is 20.2 Å². The van der Waals surface area contributed by atoms with Crippen molar-refractivity contribution in [2.75, 3.05) is 0 Å². The number of halogens is 3. The van der Waals surface area contributed by atoms with Crippen molar-refractivity contribution >= 4 is 15.9 Å². The average molecular weight is 313 g/mol. The van der Waals surface area contributed by atoms with E-state index in [4.69, 9.17) is 0 Å². The van der Waals surface area contributed by atoms with Gasteiger partial charge in [0.05, 0.1) is 6.10 Å². The Balaban J connectivity index is 2.21. The Bertz CT molecular complexity index is 537. The van der Waals surface area contributed by atoms with E-state index in [2.05, 4.69) is 15.9 Å². The molecule has 2 aromatic rings. The van der Waals surface area contributed by atoms with Gasteiger partial charge in [0.15, 0.2) is 0 Å². The molecule has 0 aliphatic heterocycles. The summed E-state index contributed by atoms with van der Waals surface area (Å²) in [7, 11) is 0. The van der Waals surface area contributed by atoms with Crippen molar-refractivity contribution < 1.29 is 13.9 Å². The first kappa shape index (κ1) is 13.2. The van der Waals surface area contributed by atoms with E-state index < -0.39 is 17.7 Å². The van der Waals surface area contributed by atoms with Crippen LogP contribution in [-0.4, -0.2) is 5.11 Å². The van der Waals surface area contributed by atoms with Gasteiger partial charge in [-0.15, -0.1) is 0 Å². The smallest absolute Gasteiger partial charge is 0.126 e. The third-order valence-electron chi connectivity index (χ3n) is 2.62. The summed E-state index contributed by atoms with van der Waals surface area (Å²) < 4.78 is 26.8. The average Bonchev–Trinajstić information content (AvgIpc) is 2.27. The molecule has 0 spiro atoms. The van der Waals surface area contributed by atoms with Crippen LogP contribution in [0.2, 0.25) is 0 Å². The fourth-order valence-corrected chi connectivity index (χ4v) is 2.36. The van der Waals surface area contributed by atoms with Crippen LogP contribution in [0.3, 0.4) is 0 Å². The summed E-state index contributed by atoms with van der Waals surface area (Å²) in [5.74, 6) is -1.27. The molecule has 0 aliphatic carbocycles. The molecule has 2 aromatic carbocycles. The van der Waals surface area contributed by atoms with Crippen LogP contribution in [-0.2, 0) is 6.42 Å². The monoisotopic (exact) mass is 312 g/mol. The summed E-state index contributed by atoms with van der Waals surface area (Å²) in [5, 5.41) is 10.1. The number of hydrogen-bond acceptors (Lipinski definition) is 1. The zero-order valence-corrected chi connectivity index (χ0v) is 11.0. The maximum absolute atomic E-state index is 13.0. The van der Waals surface area contributed by atoms with Gasteiger partial charge in [0.2, 0.25) is 0 Å². The van der Waals surface area contributed by atoms with Gasteiger partial charge in [0, 0.05) is 17.0 Å². The van der Waals surface area contributed by atoms with Crippen LogP contribution in [0.1, 0.15) is 17.2 Å². The highest BCUT2D eigenvalue weighted by molar-refractivity contribution is 9.10. The number of rotatable bonds is 3. The molecule has 1 atom stereocenters. The third kappa shape index (κ3) is 3.15. The predicted molar refractivity (Wildman–Crippen MR) is 69.2 cm³/mol. The largest absolute Gasteiger partial charge is 0.388 e. The Hall–Kier alpha value is -1.26. The molecule has 1 unspecified atom stereocenters. The van der Waals surface area contributed by atoms with Gasteiger partial charge in [-0.25, -0.2) is 8.78 Å². The van der Waals surface area contributed by atoms with Crippen molar-refractivity contribution in [2.45, 2.75) is 12.5 Å². The molecule has 94 valence electrons. The lowest BCUT2D eigenvalue weighted by molar-refractivity contribution is 0.177. The highest BCUT2D eigenvalue weighted by Crippen LogP contribution is 2.26. The maximum atomic E-state index is 13.0. The van der Waals surface area contributed by atoms with Crippen molar-refractivity contribution in [3.8, 4) is 0 Å². The van der Waals surface area contributed by atoms with Crippen LogP contribution < -0.4 is 0 Å². The van der Waals surface area contributed by atoms with Crippen molar-refractivity contribution in [3.05, 3.63) is 69.7 Å². The van der Waals surface area contributed by atoms with Crippen molar-refractivity contribution in [2.24, 2.45) is 0 Å². The molecule has 0 heterocycles. The Morgan fingerprint density at radius 1 is 1.06 bits per heavy atom. The second kappa shape index (κ2) is 5.59. The van der Waals surface area contributed by atoms with E-state index in [0.717, 1.165) is 10.5 Å². The van der Waals surface area contributed by atoms with Gasteiger partial charge in [0.25, 0.3) is 0 Å². The van der Waals surface area contributed by atoms with Gasteiger partial charge in [-0.05, 0) is 29.3 Å². The van der Waals surface area contributed by atoms with E-state index >= 15 is 0 Å². The normalized spacial score (nSPS) is 12.4. The minimum Gasteiger partial charge on any atom is -0.388 e. The molecule has 0 amide bonds. The Morgan fingerprint density at radius 2 is 1.67 bits per heavy atom. The van der Waals surface area contributed by atoms with Gasteiger partial charge in [-0.3, -0.25) is 0 Å². The van der Waals surface area contributed by atoms with Crippen LogP contribution in [0.4, 0.5) is 8.78 Å². The van der Waals surface area contributed by atoms with Crippen molar-refractivity contribution in [1.29, 1.82) is 0 Å². The van der Waals surface area contributed by atoms with Gasteiger partial charge < -0.3 is 5.11 Å². The molecule has 0 saturated carbocycles. The quantitative estimate of drug-likeness (QED) is 0.908. The maximum Gasteiger partial charge on any atom is 0.126 e. The third-order valence-corrected chi connectivity index (χ3v) is 3.34. The van der Waals surface area contributed by atoms with Gasteiger partial charge in [0.1, 0.15) is 11.6 Å². The number of aliphatic hydroxyl groups excluding tert-OH is 1. The van der Waals surface area contributed by atoms with Gasteiger partial charge >= 0.3 is 0 Å². The number of hydrogen-bond donors (Lipinski definition) is 1. The molecular formula is C14H11BrF2O. The summed E-state index contributed by atoms with van der Waals surface area (Å²) in [4.78, 5) is 0. The zero-order chi connectivity index (χ0) is 13.1. The standard InChI is InChI=1S/C14H11BrF2O/c15-13-4-2-1-3-12(13)14(18)7-9-5-10(16)8-11(17)6-9/h1-6,8,14,18H,7H2. The Morgan fingerprint density at radius 3 is 2.28 bits per heavy atom. The molecule has 1 N–H and O–H groups in total. The lowest BCUT2D eigenvalue weighted by Gasteiger charge is -2.13. The first-order chi connectivity index (χ1) is 8.56. The molecule has 0 aromatic heterocycles. The second-order valence-electron chi connectivity index (χ2n) is 4.02. The molecule has 4 heteroatoms. The minimum absolute atomic E-state index is 0.164. The summed E-state index contributed by atoms with van der Waals surface area (Å²) in [6, 6.07) is 10.5. The van der Waals surface area contributed by atoms with Crippen LogP contribution in [0.5, 0.6) is 0 Å². The summed E-state index contributed by atoms with van der Waals surface area (Å²) in [5.41, 5.74) is 1.12. The van der Waals surface area contributed by atoms with Crippen LogP contribution in [0.25, 0.3) is 0 Å². The molecule has 18 heavy (non-hydrogen) atoms. The lowest BCUT2D eigenvalue weighted by Crippen LogP contribution is -2.03. The van der Waals surface area contributed by atoms with Crippen LogP contribution >= 0.6 is 15.9 Å². The fourth-order valence-electron chi connectivity index (χ4n) is 1.81. The molecule has 0 aliphatic rings. The second-order valence-corrected chi connectivity index (χ2v) is 4.87. The van der Waals surface area contributed by atoms with E-state index in [1.807, 2.05) is 12.1 Å². The van der Waals surface area contributed by atoms with Crippen LogP contribution in [0, 0.1) is 11.6 Å². The highest BCUT2D eigenvalue weighted by Gasteiger charge is 2.12. The SMILES string of the molecule is OC(Cc1cc(F)cc(F)c1)c1ccccc1Br. The van der Waals surface area contributed by atoms with Crippen molar-refractivity contribution in [1.82, 2.24) is 0 Å². The van der Waals surface area contributed by atoms with E-state index in [1.54, 1.807) is 12.1 Å². The lowest BCUT2D eigenvalue weighted by atomic mass is 10.0. The molecule has 0 fully saturated rings. The number of benzene rings is 2.